The lowest BCUT2D eigenvalue weighted by atomic mass is 9.49. The number of Topliss-reactive ketones (excluding diaryl/α,β-unsaturated/α-hetero) is 1. The standard InChI is InChI=1S/C45H35Cl2N3O7/c1-23(51)24-7-12-27(13-8-24)49-41(53)33-17-16-32-34(39(33)43(49)55)22-35-42(54)50(48-37-19-11-26(46)21-36(37)47)44(56)45(35,25-9-14-28(57-2)15-10-25)40(32)31-18-20-38(52)30-6-4-3-5-29(30)31/h3-16,18-21,33-35,39-40,48,52H,17,22H2,1-2H3. The highest BCUT2D eigenvalue weighted by atomic mass is 35.5. The molecular formula is C45H35Cl2N3O7. The number of phenols is 1. The molecule has 1 saturated carbocycles. The summed E-state index contributed by atoms with van der Waals surface area (Å²) in [6, 6.07) is 28.9. The highest BCUT2D eigenvalue weighted by Gasteiger charge is 2.70. The van der Waals surface area contributed by atoms with Crippen molar-refractivity contribution >= 4 is 74.8 Å². The van der Waals surface area contributed by atoms with Crippen LogP contribution in [0.1, 0.15) is 47.2 Å². The van der Waals surface area contributed by atoms with Gasteiger partial charge in [-0.05, 0) is 103 Å². The van der Waals surface area contributed by atoms with Gasteiger partial charge in [-0.2, -0.15) is 5.01 Å². The lowest BCUT2D eigenvalue weighted by Gasteiger charge is -2.51. The molecule has 4 amide bonds. The van der Waals surface area contributed by atoms with Crippen molar-refractivity contribution in [2.45, 2.75) is 31.1 Å². The molecule has 10 nitrogen and oxygen atoms in total. The minimum atomic E-state index is -1.57. The van der Waals surface area contributed by atoms with Crippen LogP contribution in [0.3, 0.4) is 0 Å². The van der Waals surface area contributed by atoms with Crippen LogP contribution < -0.4 is 15.1 Å². The fourth-order valence-corrected chi connectivity index (χ4v) is 10.3. The number of hydrazine groups is 1. The van der Waals surface area contributed by atoms with Gasteiger partial charge >= 0.3 is 0 Å². The Balaban J connectivity index is 1.26. The number of allylic oxidation sites excluding steroid dienone is 2. The van der Waals surface area contributed by atoms with E-state index in [2.05, 4.69) is 5.43 Å². The number of halogens is 2. The van der Waals surface area contributed by atoms with Crippen molar-refractivity contribution in [3.8, 4) is 11.5 Å². The van der Waals surface area contributed by atoms with Gasteiger partial charge in [-0.25, -0.2) is 0 Å². The van der Waals surface area contributed by atoms with E-state index in [9.17, 15) is 19.5 Å². The third kappa shape index (κ3) is 5.41. The number of phenolic OH excluding ortho intramolecular Hbond substituents is 1. The average molecular weight is 801 g/mol. The number of amides is 4. The average Bonchev–Trinajstić information content (AvgIpc) is 3.60. The van der Waals surface area contributed by atoms with Crippen LogP contribution in [0.15, 0.2) is 115 Å². The van der Waals surface area contributed by atoms with E-state index in [1.165, 1.54) is 17.9 Å². The Kier molecular flexibility index (Phi) is 8.75. The van der Waals surface area contributed by atoms with E-state index >= 15 is 9.59 Å². The van der Waals surface area contributed by atoms with Crippen molar-refractivity contribution < 1.29 is 33.8 Å². The van der Waals surface area contributed by atoms with Gasteiger partial charge in [-0.15, -0.1) is 0 Å². The van der Waals surface area contributed by atoms with Crippen molar-refractivity contribution in [1.82, 2.24) is 5.01 Å². The maximum Gasteiger partial charge on any atom is 0.260 e. The van der Waals surface area contributed by atoms with Gasteiger partial charge in [0.15, 0.2) is 5.78 Å². The summed E-state index contributed by atoms with van der Waals surface area (Å²) in [7, 11) is 1.54. The second kappa shape index (κ2) is 13.6. The number of ketones is 1. The van der Waals surface area contributed by atoms with Crippen LogP contribution in [0.4, 0.5) is 11.4 Å². The topological polar surface area (TPSA) is 133 Å². The van der Waals surface area contributed by atoms with E-state index in [1.54, 1.807) is 86.0 Å². The van der Waals surface area contributed by atoms with Gasteiger partial charge in [0.25, 0.3) is 11.8 Å². The molecule has 0 radical (unpaired) electrons. The number of rotatable bonds is 7. The van der Waals surface area contributed by atoms with E-state index in [0.717, 1.165) is 10.6 Å². The van der Waals surface area contributed by atoms with Crippen LogP contribution in [0.2, 0.25) is 10.0 Å². The van der Waals surface area contributed by atoms with Crippen LogP contribution in [-0.4, -0.2) is 46.6 Å². The lowest BCUT2D eigenvalue weighted by molar-refractivity contribution is -0.138. The second-order valence-electron chi connectivity index (χ2n) is 15.0. The molecule has 2 saturated heterocycles. The maximum absolute atomic E-state index is 15.6. The minimum Gasteiger partial charge on any atom is -0.507 e. The Morgan fingerprint density at radius 3 is 2.25 bits per heavy atom. The molecule has 286 valence electrons. The van der Waals surface area contributed by atoms with Gasteiger partial charge in [0.05, 0.1) is 46.7 Å². The van der Waals surface area contributed by atoms with Gasteiger partial charge in [0, 0.05) is 21.9 Å². The zero-order valence-corrected chi connectivity index (χ0v) is 32.3. The molecule has 12 heteroatoms. The van der Waals surface area contributed by atoms with E-state index in [1.807, 2.05) is 24.3 Å². The number of carbonyl (C=O) groups excluding carboxylic acids is 5. The summed E-state index contributed by atoms with van der Waals surface area (Å²) in [6.07, 6.45) is 2.29. The fraction of sp³-hybridized carbons (Fsp3) is 0.222. The van der Waals surface area contributed by atoms with Crippen LogP contribution >= 0.6 is 23.2 Å². The lowest BCUT2D eigenvalue weighted by Crippen LogP contribution is -2.53. The molecule has 2 heterocycles. The predicted octanol–water partition coefficient (Wildman–Crippen LogP) is 8.25. The van der Waals surface area contributed by atoms with Crippen molar-refractivity contribution in [1.29, 1.82) is 0 Å². The SMILES string of the molecule is COc1ccc(C23C(=O)N(Nc4ccc(Cl)cc4Cl)C(=O)C2CC2C(=CCC4C(=O)N(c5ccc(C(C)=O)cc5)C(=O)C42)C3c2ccc(O)c3ccccc23)cc1. The van der Waals surface area contributed by atoms with E-state index < -0.39 is 52.7 Å². The molecule has 5 aromatic rings. The van der Waals surface area contributed by atoms with E-state index in [-0.39, 0.29) is 41.0 Å². The number of nitrogens with zero attached hydrogens (tertiary/aromatic N) is 2. The normalized spacial score (nSPS) is 25.3. The van der Waals surface area contributed by atoms with Gasteiger partial charge in [-0.3, -0.25) is 34.3 Å². The number of benzene rings is 5. The molecule has 2 aliphatic carbocycles. The highest BCUT2D eigenvalue weighted by molar-refractivity contribution is 6.36. The number of hydrogen-bond acceptors (Lipinski definition) is 8. The van der Waals surface area contributed by atoms with Crippen molar-refractivity contribution in [3.05, 3.63) is 142 Å². The number of fused-ring (bicyclic) bond motifs is 5. The number of carbonyl (C=O) groups is 5. The zero-order valence-electron chi connectivity index (χ0n) is 30.7. The monoisotopic (exact) mass is 799 g/mol. The summed E-state index contributed by atoms with van der Waals surface area (Å²) in [5.41, 5.74) is 4.55. The quantitative estimate of drug-likeness (QED) is 0.0956. The summed E-state index contributed by atoms with van der Waals surface area (Å²) >= 11 is 12.8. The maximum atomic E-state index is 15.6. The van der Waals surface area contributed by atoms with Crippen molar-refractivity contribution in [3.63, 3.8) is 0 Å². The minimum absolute atomic E-state index is 0.0481. The third-order valence-electron chi connectivity index (χ3n) is 12.4. The van der Waals surface area contributed by atoms with Crippen LogP contribution in [0, 0.1) is 23.7 Å². The summed E-state index contributed by atoms with van der Waals surface area (Å²) in [6.45, 7) is 1.45. The Hall–Kier alpha value is -5.97. The smallest absolute Gasteiger partial charge is 0.260 e. The first-order valence-corrected chi connectivity index (χ1v) is 19.3. The second-order valence-corrected chi connectivity index (χ2v) is 15.9. The number of ether oxygens (including phenoxy) is 1. The van der Waals surface area contributed by atoms with Crippen molar-refractivity contribution in [2.75, 3.05) is 17.4 Å². The summed E-state index contributed by atoms with van der Waals surface area (Å²) in [4.78, 5) is 72.9. The van der Waals surface area contributed by atoms with Gasteiger partial charge in [0.2, 0.25) is 11.8 Å². The van der Waals surface area contributed by atoms with E-state index in [4.69, 9.17) is 27.9 Å². The van der Waals surface area contributed by atoms with Crippen molar-refractivity contribution in [2.24, 2.45) is 23.7 Å². The molecule has 5 aromatic carbocycles. The fourth-order valence-electron chi connectivity index (χ4n) is 9.85. The van der Waals surface area contributed by atoms with Gasteiger partial charge in [0.1, 0.15) is 11.5 Å². The Morgan fingerprint density at radius 1 is 0.842 bits per heavy atom. The molecule has 0 spiro atoms. The Morgan fingerprint density at radius 2 is 1.56 bits per heavy atom. The number of nitrogens with one attached hydrogen (secondary N) is 1. The summed E-state index contributed by atoms with van der Waals surface area (Å²) in [5.74, 6) is -5.38. The summed E-state index contributed by atoms with van der Waals surface area (Å²) < 4.78 is 5.51. The number of methoxy groups -OCH3 is 1. The number of imide groups is 2. The van der Waals surface area contributed by atoms with Gasteiger partial charge < -0.3 is 9.84 Å². The molecule has 6 atom stereocenters. The van der Waals surface area contributed by atoms with E-state index in [0.29, 0.717) is 43.9 Å². The molecule has 0 aromatic heterocycles. The number of hydrogen-bond donors (Lipinski definition) is 2. The van der Waals surface area contributed by atoms with Crippen LogP contribution in [-0.2, 0) is 24.6 Å². The molecule has 0 bridgehead atoms. The molecule has 6 unspecified atom stereocenters. The highest BCUT2D eigenvalue weighted by Crippen LogP contribution is 2.65. The van der Waals surface area contributed by atoms with Gasteiger partial charge in [-0.1, -0.05) is 77.3 Å². The molecular weight excluding hydrogens is 765 g/mol. The number of aromatic hydroxyl groups is 1. The first-order chi connectivity index (χ1) is 27.4. The molecule has 4 aliphatic rings. The molecule has 2 aliphatic heterocycles. The van der Waals surface area contributed by atoms with Crippen LogP contribution in [0.5, 0.6) is 11.5 Å². The predicted molar refractivity (Wildman–Crippen MR) is 215 cm³/mol. The van der Waals surface area contributed by atoms with Crippen LogP contribution in [0.25, 0.3) is 10.8 Å². The zero-order chi connectivity index (χ0) is 39.9. The molecule has 2 N–H and O–H groups in total. The molecule has 3 fully saturated rings. The first kappa shape index (κ1) is 36.7. The molecule has 9 rings (SSSR count). The molecule has 57 heavy (non-hydrogen) atoms. The Bertz CT molecular complexity index is 2590. The summed E-state index contributed by atoms with van der Waals surface area (Å²) in [5, 5.41) is 13.9. The number of anilines is 2. The third-order valence-corrected chi connectivity index (χ3v) is 12.9. The first-order valence-electron chi connectivity index (χ1n) is 18.6. The Labute approximate surface area is 337 Å². The largest absolute Gasteiger partial charge is 0.507 e.